The maximum absolute atomic E-state index is 13.3. The molecule has 5 heteroatoms. The van der Waals surface area contributed by atoms with Gasteiger partial charge in [-0.3, -0.25) is 9.59 Å². The van der Waals surface area contributed by atoms with Crippen molar-refractivity contribution in [1.29, 1.82) is 0 Å². The Balaban J connectivity index is 2.02. The second-order valence-corrected chi connectivity index (χ2v) is 5.03. The quantitative estimate of drug-likeness (QED) is 0.681. The Bertz CT molecular complexity index is 841. The van der Waals surface area contributed by atoms with Gasteiger partial charge in [-0.15, -0.1) is 0 Å². The summed E-state index contributed by atoms with van der Waals surface area (Å²) in [7, 11) is 0. The molecule has 1 N–H and O–H groups in total. The summed E-state index contributed by atoms with van der Waals surface area (Å²) < 4.78 is 26.6. The monoisotopic (exact) mass is 299 g/mol. The van der Waals surface area contributed by atoms with Gasteiger partial charge in [-0.2, -0.15) is 0 Å². The van der Waals surface area contributed by atoms with E-state index in [1.807, 2.05) is 0 Å². The van der Waals surface area contributed by atoms with E-state index in [4.69, 9.17) is 0 Å². The molecule has 2 aromatic rings. The number of anilines is 1. The van der Waals surface area contributed by atoms with Crippen molar-refractivity contribution in [1.82, 2.24) is 0 Å². The first-order valence-electron chi connectivity index (χ1n) is 6.59. The van der Waals surface area contributed by atoms with Crippen LogP contribution in [0.5, 0.6) is 0 Å². The minimum Gasteiger partial charge on any atom is -0.321 e. The van der Waals surface area contributed by atoms with Gasteiger partial charge in [0.1, 0.15) is 11.6 Å². The number of benzene rings is 2. The molecule has 3 rings (SSSR count). The third-order valence-electron chi connectivity index (χ3n) is 3.48. The Morgan fingerprint density at radius 3 is 2.64 bits per heavy atom. The third kappa shape index (κ3) is 2.41. The first-order valence-corrected chi connectivity index (χ1v) is 6.59. The van der Waals surface area contributed by atoms with Gasteiger partial charge in [0, 0.05) is 16.8 Å². The Hall–Kier alpha value is -2.82. The van der Waals surface area contributed by atoms with Crippen molar-refractivity contribution in [3.05, 3.63) is 70.8 Å². The molecule has 1 aliphatic heterocycles. The highest BCUT2D eigenvalue weighted by atomic mass is 19.1. The second-order valence-electron chi connectivity index (χ2n) is 5.03. The number of halogens is 2. The van der Waals surface area contributed by atoms with E-state index in [1.54, 1.807) is 6.92 Å². The Kier molecular flexibility index (Phi) is 3.33. The molecule has 1 heterocycles. The molecule has 0 unspecified atom stereocenters. The molecule has 0 saturated heterocycles. The normalized spacial score (nSPS) is 14.9. The zero-order valence-electron chi connectivity index (χ0n) is 11.6. The smallest absolute Gasteiger partial charge is 0.256 e. The lowest BCUT2D eigenvalue weighted by atomic mass is 10.0. The van der Waals surface area contributed by atoms with Crippen LogP contribution >= 0.6 is 0 Å². The molecule has 0 radical (unpaired) electrons. The molecule has 0 aromatic heterocycles. The van der Waals surface area contributed by atoms with Crippen LogP contribution < -0.4 is 5.32 Å². The third-order valence-corrected chi connectivity index (χ3v) is 3.48. The molecule has 0 spiro atoms. The first kappa shape index (κ1) is 14.1. The van der Waals surface area contributed by atoms with E-state index >= 15 is 0 Å². The van der Waals surface area contributed by atoms with Crippen molar-refractivity contribution >= 4 is 23.0 Å². The number of nitrogens with one attached hydrogen (secondary N) is 1. The molecule has 0 atom stereocenters. The zero-order chi connectivity index (χ0) is 15.9. The summed E-state index contributed by atoms with van der Waals surface area (Å²) in [6.07, 6.45) is 1.15. The van der Waals surface area contributed by atoms with Crippen LogP contribution in [0.4, 0.5) is 14.5 Å². The maximum Gasteiger partial charge on any atom is 0.256 e. The van der Waals surface area contributed by atoms with Crippen molar-refractivity contribution in [3.8, 4) is 0 Å². The summed E-state index contributed by atoms with van der Waals surface area (Å²) in [6.45, 7) is 1.55. The van der Waals surface area contributed by atoms with Gasteiger partial charge in [0.2, 0.25) is 0 Å². The predicted molar refractivity (Wildman–Crippen MR) is 78.5 cm³/mol. The van der Waals surface area contributed by atoms with Gasteiger partial charge >= 0.3 is 0 Å². The fourth-order valence-corrected chi connectivity index (χ4v) is 2.32. The van der Waals surface area contributed by atoms with Crippen LogP contribution in [-0.4, -0.2) is 11.7 Å². The Labute approximate surface area is 125 Å². The molecular formula is C17H11F2NO2. The number of hydrogen-bond donors (Lipinski definition) is 1. The number of allylic oxidation sites excluding steroid dienone is 1. The van der Waals surface area contributed by atoms with E-state index in [-0.39, 0.29) is 11.1 Å². The topological polar surface area (TPSA) is 46.2 Å². The predicted octanol–water partition coefficient (Wildman–Crippen LogP) is 3.49. The number of hydrogen-bond acceptors (Lipinski definition) is 2. The van der Waals surface area contributed by atoms with Gasteiger partial charge in [0.05, 0.1) is 5.57 Å². The number of amides is 1. The highest BCUT2D eigenvalue weighted by Gasteiger charge is 2.25. The number of rotatable bonds is 2. The molecule has 1 aliphatic rings. The summed E-state index contributed by atoms with van der Waals surface area (Å²) in [6, 6.07) is 7.82. The number of carbonyl (C=O) groups is 2. The lowest BCUT2D eigenvalue weighted by molar-refractivity contribution is -0.110. The maximum atomic E-state index is 13.3. The molecule has 0 bridgehead atoms. The Morgan fingerprint density at radius 2 is 1.91 bits per heavy atom. The summed E-state index contributed by atoms with van der Waals surface area (Å²) >= 11 is 0. The highest BCUT2D eigenvalue weighted by Crippen LogP contribution is 2.32. The molecular weight excluding hydrogens is 288 g/mol. The molecule has 0 aliphatic carbocycles. The minimum atomic E-state index is -0.494. The van der Waals surface area contributed by atoms with Crippen LogP contribution in [0.1, 0.15) is 21.5 Å². The van der Waals surface area contributed by atoms with E-state index < -0.39 is 23.3 Å². The van der Waals surface area contributed by atoms with Crippen molar-refractivity contribution in [2.75, 3.05) is 5.32 Å². The van der Waals surface area contributed by atoms with Gasteiger partial charge in [0.15, 0.2) is 5.78 Å². The minimum absolute atomic E-state index is 0.0986. The zero-order valence-corrected chi connectivity index (χ0v) is 11.6. The van der Waals surface area contributed by atoms with E-state index in [0.29, 0.717) is 16.8 Å². The SMILES string of the molecule is Cc1cc(C(=O)/C=C2\C(=O)Nc3ccc(F)cc32)ccc1F. The molecule has 110 valence electrons. The summed E-state index contributed by atoms with van der Waals surface area (Å²) in [5.41, 5.74) is 1.51. The first-order chi connectivity index (χ1) is 10.5. The van der Waals surface area contributed by atoms with Crippen LogP contribution in [0.15, 0.2) is 42.5 Å². The fourth-order valence-electron chi connectivity index (χ4n) is 2.32. The van der Waals surface area contributed by atoms with Gasteiger partial charge in [-0.05, 0) is 55.0 Å². The molecule has 22 heavy (non-hydrogen) atoms. The van der Waals surface area contributed by atoms with Gasteiger partial charge in [-0.25, -0.2) is 8.78 Å². The Morgan fingerprint density at radius 1 is 1.14 bits per heavy atom. The van der Waals surface area contributed by atoms with Crippen LogP contribution in [0, 0.1) is 18.6 Å². The number of ketones is 1. The van der Waals surface area contributed by atoms with E-state index in [9.17, 15) is 18.4 Å². The van der Waals surface area contributed by atoms with Crippen LogP contribution in [-0.2, 0) is 4.79 Å². The van der Waals surface area contributed by atoms with E-state index in [0.717, 1.165) is 6.08 Å². The van der Waals surface area contributed by atoms with Gasteiger partial charge < -0.3 is 5.32 Å². The molecule has 3 nitrogen and oxygen atoms in total. The van der Waals surface area contributed by atoms with Gasteiger partial charge in [-0.1, -0.05) is 0 Å². The molecule has 2 aromatic carbocycles. The lowest BCUT2D eigenvalue weighted by Crippen LogP contribution is -2.06. The number of carbonyl (C=O) groups excluding carboxylic acids is 2. The van der Waals surface area contributed by atoms with Crippen molar-refractivity contribution in [3.63, 3.8) is 0 Å². The van der Waals surface area contributed by atoms with Crippen molar-refractivity contribution < 1.29 is 18.4 Å². The van der Waals surface area contributed by atoms with Crippen molar-refractivity contribution in [2.45, 2.75) is 6.92 Å². The number of fused-ring (bicyclic) bond motifs is 1. The standard InChI is InChI=1S/C17H11F2NO2/c1-9-6-10(2-4-14(9)19)16(21)8-13-12-7-11(18)3-5-15(12)20-17(13)22/h2-8H,1H3,(H,20,22)/b13-8-. The molecule has 1 amide bonds. The summed E-state index contributed by atoms with van der Waals surface area (Å²) in [4.78, 5) is 24.1. The fraction of sp³-hybridized carbons (Fsp3) is 0.0588. The second kappa shape index (κ2) is 5.18. The van der Waals surface area contributed by atoms with Crippen LogP contribution in [0.3, 0.4) is 0 Å². The van der Waals surface area contributed by atoms with E-state index in [1.165, 1.54) is 36.4 Å². The number of aryl methyl sites for hydroxylation is 1. The average Bonchev–Trinajstić information content (AvgIpc) is 2.78. The highest BCUT2D eigenvalue weighted by molar-refractivity contribution is 6.35. The van der Waals surface area contributed by atoms with Crippen LogP contribution in [0.2, 0.25) is 0 Å². The largest absolute Gasteiger partial charge is 0.321 e. The summed E-state index contributed by atoms with van der Waals surface area (Å²) in [5.74, 6) is -1.81. The van der Waals surface area contributed by atoms with Gasteiger partial charge in [0.25, 0.3) is 5.91 Å². The van der Waals surface area contributed by atoms with E-state index in [2.05, 4.69) is 5.32 Å². The molecule has 0 saturated carbocycles. The van der Waals surface area contributed by atoms with Crippen LogP contribution in [0.25, 0.3) is 5.57 Å². The molecule has 0 fully saturated rings. The van der Waals surface area contributed by atoms with Crippen molar-refractivity contribution in [2.24, 2.45) is 0 Å². The lowest BCUT2D eigenvalue weighted by Gasteiger charge is -2.01. The summed E-state index contributed by atoms with van der Waals surface area (Å²) in [5, 5.41) is 2.57. The average molecular weight is 299 g/mol.